The molecule has 2 aliphatic carbocycles. The highest BCUT2D eigenvalue weighted by atomic mass is 32.2. The molecule has 1 spiro atoms. The van der Waals surface area contributed by atoms with Gasteiger partial charge in [0, 0.05) is 6.61 Å². The van der Waals surface area contributed by atoms with Gasteiger partial charge in [0.2, 0.25) is 10.0 Å². The van der Waals surface area contributed by atoms with Crippen LogP contribution in [-0.4, -0.2) is 20.1 Å². The molecule has 0 bridgehead atoms. The second-order valence-corrected chi connectivity index (χ2v) is 7.38. The molecule has 5 heteroatoms. The van der Waals surface area contributed by atoms with Crippen LogP contribution in [0.5, 0.6) is 0 Å². The Morgan fingerprint density at radius 1 is 1.21 bits per heavy atom. The summed E-state index contributed by atoms with van der Waals surface area (Å²) in [6.07, 6.45) is 4.84. The third kappa shape index (κ3) is 2.00. The molecule has 2 aliphatic rings. The Morgan fingerprint density at radius 2 is 1.79 bits per heavy atom. The van der Waals surface area contributed by atoms with Gasteiger partial charge in [0.05, 0.1) is 4.90 Å². The molecule has 2 saturated carbocycles. The van der Waals surface area contributed by atoms with Gasteiger partial charge in [-0.3, -0.25) is 0 Å². The molecule has 0 aromatic heterocycles. The molecule has 1 unspecified atom stereocenters. The Kier molecular flexibility index (Phi) is 2.96. The first kappa shape index (κ1) is 13.1. The van der Waals surface area contributed by atoms with Crippen LogP contribution in [-0.2, 0) is 10.0 Å². The van der Waals surface area contributed by atoms with Gasteiger partial charge in [0.1, 0.15) is 0 Å². The summed E-state index contributed by atoms with van der Waals surface area (Å²) in [4.78, 5) is 0.151. The molecule has 0 radical (unpaired) electrons. The van der Waals surface area contributed by atoms with E-state index >= 15 is 0 Å². The number of aliphatic hydroxyl groups excluding tert-OH is 1. The molecular formula is C14H19NO3S. The van der Waals surface area contributed by atoms with Crippen molar-refractivity contribution in [3.63, 3.8) is 0 Å². The molecule has 1 aromatic rings. The lowest BCUT2D eigenvalue weighted by atomic mass is 9.97. The van der Waals surface area contributed by atoms with E-state index < -0.39 is 10.0 Å². The summed E-state index contributed by atoms with van der Waals surface area (Å²) in [6, 6.07) is 6.83. The molecule has 3 rings (SSSR count). The van der Waals surface area contributed by atoms with Crippen molar-refractivity contribution in [2.45, 2.75) is 36.5 Å². The summed E-state index contributed by atoms with van der Waals surface area (Å²) in [7, 11) is -3.62. The average Bonchev–Trinajstić information content (AvgIpc) is 2.72. The molecule has 0 aliphatic heterocycles. The number of benzene rings is 1. The zero-order valence-electron chi connectivity index (χ0n) is 10.7. The molecule has 0 amide bonds. The minimum atomic E-state index is -3.62. The first-order valence-corrected chi connectivity index (χ1v) is 8.27. The van der Waals surface area contributed by atoms with Crippen LogP contribution in [0.15, 0.2) is 29.2 Å². The van der Waals surface area contributed by atoms with E-state index in [1.165, 1.54) is 25.7 Å². The third-order valence-corrected chi connectivity index (χ3v) is 5.88. The predicted molar refractivity (Wildman–Crippen MR) is 72.0 cm³/mol. The van der Waals surface area contributed by atoms with Gasteiger partial charge < -0.3 is 5.11 Å². The lowest BCUT2D eigenvalue weighted by Gasteiger charge is -2.08. The van der Waals surface area contributed by atoms with Gasteiger partial charge in [-0.05, 0) is 47.8 Å². The topological polar surface area (TPSA) is 80.4 Å². The summed E-state index contributed by atoms with van der Waals surface area (Å²) in [5, 5.41) is 14.6. The second kappa shape index (κ2) is 4.30. The molecule has 2 atom stereocenters. The van der Waals surface area contributed by atoms with Crippen molar-refractivity contribution in [1.82, 2.24) is 0 Å². The smallest absolute Gasteiger partial charge is 0.238 e. The normalized spacial score (nSPS) is 28.7. The van der Waals surface area contributed by atoms with E-state index in [4.69, 9.17) is 5.14 Å². The minimum Gasteiger partial charge on any atom is -0.396 e. The number of hydrogen-bond acceptors (Lipinski definition) is 3. The molecule has 1 aromatic carbocycles. The van der Waals surface area contributed by atoms with Crippen molar-refractivity contribution >= 4 is 10.0 Å². The zero-order chi connectivity index (χ0) is 13.7. The van der Waals surface area contributed by atoms with E-state index in [2.05, 4.69) is 0 Å². The van der Waals surface area contributed by atoms with Crippen LogP contribution in [0.4, 0.5) is 0 Å². The Balaban J connectivity index is 1.88. The monoisotopic (exact) mass is 281 g/mol. The number of aliphatic hydroxyl groups is 1. The quantitative estimate of drug-likeness (QED) is 0.883. The van der Waals surface area contributed by atoms with Gasteiger partial charge in [0.15, 0.2) is 0 Å². The number of rotatable bonds is 3. The molecule has 0 saturated heterocycles. The maximum atomic E-state index is 11.2. The number of hydrogen-bond donors (Lipinski definition) is 2. The molecule has 2 fully saturated rings. The lowest BCUT2D eigenvalue weighted by Crippen LogP contribution is -2.11. The molecule has 104 valence electrons. The highest BCUT2D eigenvalue weighted by molar-refractivity contribution is 7.89. The molecule has 3 N–H and O–H groups in total. The Bertz CT molecular complexity index is 573. The van der Waals surface area contributed by atoms with Crippen LogP contribution in [0.25, 0.3) is 0 Å². The van der Waals surface area contributed by atoms with Crippen molar-refractivity contribution in [2.75, 3.05) is 6.61 Å². The van der Waals surface area contributed by atoms with E-state index in [0.29, 0.717) is 11.8 Å². The van der Waals surface area contributed by atoms with Gasteiger partial charge in [0.25, 0.3) is 0 Å². The number of primary sulfonamides is 1. The van der Waals surface area contributed by atoms with Gasteiger partial charge >= 0.3 is 0 Å². The van der Waals surface area contributed by atoms with Crippen molar-refractivity contribution in [2.24, 2.45) is 16.5 Å². The van der Waals surface area contributed by atoms with Crippen LogP contribution in [0.1, 0.15) is 37.2 Å². The van der Waals surface area contributed by atoms with E-state index in [9.17, 15) is 13.5 Å². The zero-order valence-corrected chi connectivity index (χ0v) is 11.6. The van der Waals surface area contributed by atoms with Crippen LogP contribution >= 0.6 is 0 Å². The number of nitrogens with two attached hydrogens (primary N) is 1. The summed E-state index contributed by atoms with van der Waals surface area (Å²) in [5.74, 6) is 0.727. The Labute approximate surface area is 113 Å². The first-order chi connectivity index (χ1) is 8.99. The summed E-state index contributed by atoms with van der Waals surface area (Å²) in [5.41, 5.74) is 1.41. The van der Waals surface area contributed by atoms with Crippen LogP contribution in [0.2, 0.25) is 0 Å². The van der Waals surface area contributed by atoms with E-state index in [-0.39, 0.29) is 16.9 Å². The number of sulfonamides is 1. The van der Waals surface area contributed by atoms with E-state index in [1.807, 2.05) is 12.1 Å². The summed E-state index contributed by atoms with van der Waals surface area (Å²) < 4.78 is 22.5. The maximum absolute atomic E-state index is 11.2. The molecule has 0 heterocycles. The van der Waals surface area contributed by atoms with Gasteiger partial charge in [-0.2, -0.15) is 0 Å². The fourth-order valence-electron chi connectivity index (χ4n) is 4.01. The van der Waals surface area contributed by atoms with Crippen LogP contribution in [0.3, 0.4) is 0 Å². The summed E-state index contributed by atoms with van der Waals surface area (Å²) >= 11 is 0. The van der Waals surface area contributed by atoms with Gasteiger partial charge in [-0.1, -0.05) is 25.0 Å². The van der Waals surface area contributed by atoms with Crippen molar-refractivity contribution in [3.05, 3.63) is 29.8 Å². The first-order valence-electron chi connectivity index (χ1n) is 6.73. The van der Waals surface area contributed by atoms with Crippen molar-refractivity contribution in [1.29, 1.82) is 0 Å². The van der Waals surface area contributed by atoms with Crippen LogP contribution < -0.4 is 5.14 Å². The fourth-order valence-corrected chi connectivity index (χ4v) is 4.52. The van der Waals surface area contributed by atoms with Crippen LogP contribution in [0, 0.1) is 11.3 Å². The highest BCUT2D eigenvalue weighted by Crippen LogP contribution is 2.72. The third-order valence-electron chi connectivity index (χ3n) is 4.95. The minimum absolute atomic E-state index is 0.151. The molecule has 19 heavy (non-hydrogen) atoms. The fraction of sp³-hybridized carbons (Fsp3) is 0.571. The Morgan fingerprint density at radius 3 is 2.26 bits per heavy atom. The standard InChI is InChI=1S/C14H19NO3S/c15-19(17,18)11-5-3-10(4-6-11)13-12(9-16)14(13)7-1-2-8-14/h3-6,12-13,16H,1-2,7-9H2,(H2,15,17,18)/t12-,13?/m1/s1. The van der Waals surface area contributed by atoms with Gasteiger partial charge in [-0.15, -0.1) is 0 Å². The Hall–Kier alpha value is -0.910. The molecule has 4 nitrogen and oxygen atoms in total. The largest absolute Gasteiger partial charge is 0.396 e. The van der Waals surface area contributed by atoms with Crippen molar-refractivity contribution < 1.29 is 13.5 Å². The van der Waals surface area contributed by atoms with E-state index in [0.717, 1.165) is 5.56 Å². The van der Waals surface area contributed by atoms with Gasteiger partial charge in [-0.25, -0.2) is 13.6 Å². The second-order valence-electron chi connectivity index (χ2n) is 5.82. The average molecular weight is 281 g/mol. The highest BCUT2D eigenvalue weighted by Gasteiger charge is 2.64. The van der Waals surface area contributed by atoms with E-state index in [1.54, 1.807) is 12.1 Å². The maximum Gasteiger partial charge on any atom is 0.238 e. The summed E-state index contributed by atoms with van der Waals surface area (Å²) in [6.45, 7) is 0.224. The van der Waals surface area contributed by atoms with Crippen molar-refractivity contribution in [3.8, 4) is 0 Å². The molecular weight excluding hydrogens is 262 g/mol. The predicted octanol–water partition coefficient (Wildman–Crippen LogP) is 1.60. The lowest BCUT2D eigenvalue weighted by molar-refractivity contribution is 0.249. The SMILES string of the molecule is NS(=O)(=O)c1ccc(C2[C@@H](CO)C23CCCC3)cc1.